The van der Waals surface area contributed by atoms with Crippen molar-refractivity contribution >= 4 is 44.7 Å². The minimum atomic E-state index is -4.01. The molecule has 1 aromatic carbocycles. The van der Waals surface area contributed by atoms with Crippen molar-refractivity contribution in [3.05, 3.63) is 36.4 Å². The number of carboxylic acid groups (broad SMARTS) is 1. The molecule has 0 radical (unpaired) electrons. The Labute approximate surface area is 302 Å². The average Bonchev–Trinajstić information content (AvgIpc) is 3.98. The van der Waals surface area contributed by atoms with Crippen LogP contribution in [0.4, 0.5) is 4.79 Å². The molecule has 1 saturated heterocycles. The number of hydrogen-bond donors (Lipinski definition) is 4. The summed E-state index contributed by atoms with van der Waals surface area (Å²) < 4.78 is 44.7. The zero-order valence-corrected chi connectivity index (χ0v) is 30.8. The molecule has 3 fully saturated rings. The molecule has 3 heterocycles. The van der Waals surface area contributed by atoms with E-state index < -0.39 is 74.1 Å². The van der Waals surface area contributed by atoms with Crippen molar-refractivity contribution in [3.8, 4) is 17.4 Å². The Bertz CT molecular complexity index is 1900. The van der Waals surface area contributed by atoms with Crippen molar-refractivity contribution in [2.45, 2.75) is 94.2 Å². The number of fused-ring (bicyclic) bond motifs is 3. The quantitative estimate of drug-likeness (QED) is 0.290. The summed E-state index contributed by atoms with van der Waals surface area (Å²) >= 11 is 0. The first-order valence-corrected chi connectivity index (χ1v) is 19.1. The van der Waals surface area contributed by atoms with Gasteiger partial charge in [-0.05, 0) is 81.5 Å². The Morgan fingerprint density at radius 1 is 1.10 bits per heavy atom. The number of benzene rings is 1. The van der Waals surface area contributed by atoms with Crippen LogP contribution in [0.2, 0.25) is 0 Å². The summed E-state index contributed by atoms with van der Waals surface area (Å²) in [6.45, 7) is 5.31. The van der Waals surface area contributed by atoms with Crippen molar-refractivity contribution in [1.82, 2.24) is 25.2 Å². The molecule has 2 aliphatic heterocycles. The number of methoxy groups -OCH3 is 2. The molecular formula is C36H47N5O10S. The summed E-state index contributed by atoms with van der Waals surface area (Å²) in [6.07, 6.45) is 4.52. The number of nitrogens with one attached hydrogen (secondary N) is 3. The van der Waals surface area contributed by atoms with Crippen LogP contribution in [0.25, 0.3) is 10.9 Å². The fourth-order valence-electron chi connectivity index (χ4n) is 7.38. The molecule has 2 saturated carbocycles. The normalized spacial score (nSPS) is 30.1. The maximum atomic E-state index is 14.4. The van der Waals surface area contributed by atoms with Gasteiger partial charge in [-0.3, -0.25) is 19.1 Å². The van der Waals surface area contributed by atoms with Crippen LogP contribution in [0.5, 0.6) is 17.4 Å². The summed E-state index contributed by atoms with van der Waals surface area (Å²) in [5.41, 5.74) is -0.930. The summed E-state index contributed by atoms with van der Waals surface area (Å²) in [5, 5.41) is 15.7. The van der Waals surface area contributed by atoms with Crippen LogP contribution >= 0.6 is 0 Å². The van der Waals surface area contributed by atoms with Gasteiger partial charge < -0.3 is 34.9 Å². The van der Waals surface area contributed by atoms with Crippen molar-refractivity contribution in [2.75, 3.05) is 20.8 Å². The molecule has 4 N–H and O–H groups in total. The highest BCUT2D eigenvalue weighted by atomic mass is 32.2. The minimum Gasteiger partial charge on any atom is -0.497 e. The fraction of sp³-hybridized carbons (Fsp3) is 0.583. The smallest absolute Gasteiger partial charge is 0.405 e. The minimum absolute atomic E-state index is 0.0178. The lowest BCUT2D eigenvalue weighted by molar-refractivity contribution is -0.142. The van der Waals surface area contributed by atoms with Crippen molar-refractivity contribution in [1.29, 1.82) is 0 Å². The summed E-state index contributed by atoms with van der Waals surface area (Å²) in [6, 6.07) is 4.69. The predicted octanol–water partition coefficient (Wildman–Crippen LogP) is 3.12. The number of carbonyl (C=O) groups excluding carboxylic acids is 3. The molecule has 4 amide bonds. The highest BCUT2D eigenvalue weighted by molar-refractivity contribution is 7.91. The number of nitrogens with zero attached hydrogens (tertiary/aromatic N) is 2. The van der Waals surface area contributed by atoms with Crippen LogP contribution in [0.15, 0.2) is 36.4 Å². The number of amides is 4. The molecule has 52 heavy (non-hydrogen) atoms. The molecule has 16 heteroatoms. The van der Waals surface area contributed by atoms with E-state index in [1.54, 1.807) is 45.2 Å². The standard InChI is InChI=1S/C36H47N5O10S/c1-20-8-6-7-9-23-18-36(23,33(44)40-52(47,48)35(3)12-13-35)39-30(42)27-17-25(19-41(27)32(43)29(21(2)14-20)38-34(45)46)51-28-16-22-15-24(49-4)10-11-26(22)37-31(28)50-5/h7,9-11,15-16,20-21,23,25,27,29,38H,6,8,12-14,17-19H2,1-5H3,(H,39,42)(H,40,44)(H,45,46)/t20-,21-,23-,25-,27+,29+,36-/m1/s1. The molecule has 15 nitrogen and oxygen atoms in total. The molecule has 2 aliphatic carbocycles. The number of sulfonamides is 1. The van der Waals surface area contributed by atoms with Gasteiger partial charge >= 0.3 is 6.09 Å². The third-order valence-electron chi connectivity index (χ3n) is 11.0. The third-order valence-corrected chi connectivity index (χ3v) is 13.1. The summed E-state index contributed by atoms with van der Waals surface area (Å²) in [4.78, 5) is 60.3. The molecule has 282 valence electrons. The van der Waals surface area contributed by atoms with Crippen LogP contribution < -0.4 is 29.6 Å². The number of aromatic nitrogens is 1. The zero-order valence-electron chi connectivity index (χ0n) is 30.0. The van der Waals surface area contributed by atoms with Gasteiger partial charge in [0.15, 0.2) is 5.75 Å². The fourth-order valence-corrected chi connectivity index (χ4v) is 8.70. The molecule has 0 spiro atoms. The average molecular weight is 742 g/mol. The zero-order chi connectivity index (χ0) is 37.6. The molecule has 1 aromatic heterocycles. The van der Waals surface area contributed by atoms with Gasteiger partial charge in [0, 0.05) is 17.7 Å². The largest absolute Gasteiger partial charge is 0.497 e. The van der Waals surface area contributed by atoms with Gasteiger partial charge in [0.1, 0.15) is 29.5 Å². The molecule has 2 aromatic rings. The van der Waals surface area contributed by atoms with Crippen molar-refractivity contribution in [3.63, 3.8) is 0 Å². The summed E-state index contributed by atoms with van der Waals surface area (Å²) in [7, 11) is -1.02. The maximum Gasteiger partial charge on any atom is 0.405 e. The Hall–Kier alpha value is -4.60. The maximum absolute atomic E-state index is 14.4. The summed E-state index contributed by atoms with van der Waals surface area (Å²) in [5.74, 6) is -1.85. The monoisotopic (exact) mass is 741 g/mol. The Kier molecular flexibility index (Phi) is 10.1. The van der Waals surface area contributed by atoms with Crippen LogP contribution in [0, 0.1) is 17.8 Å². The van der Waals surface area contributed by atoms with Gasteiger partial charge in [0.25, 0.3) is 11.8 Å². The molecule has 4 aliphatic rings. The van der Waals surface area contributed by atoms with E-state index in [1.165, 1.54) is 12.0 Å². The van der Waals surface area contributed by atoms with E-state index in [-0.39, 0.29) is 36.9 Å². The van der Waals surface area contributed by atoms with Gasteiger partial charge in [-0.25, -0.2) is 18.2 Å². The topological polar surface area (TPSA) is 203 Å². The first-order chi connectivity index (χ1) is 24.6. The first kappa shape index (κ1) is 37.2. The van der Waals surface area contributed by atoms with Crippen molar-refractivity contribution < 1.29 is 46.9 Å². The lowest BCUT2D eigenvalue weighted by Gasteiger charge is -2.32. The Morgan fingerprint density at radius 2 is 1.85 bits per heavy atom. The number of hydrogen-bond acceptors (Lipinski definition) is 10. The predicted molar refractivity (Wildman–Crippen MR) is 189 cm³/mol. The van der Waals surface area contributed by atoms with E-state index in [9.17, 15) is 32.7 Å². The highest BCUT2D eigenvalue weighted by Crippen LogP contribution is 2.47. The van der Waals surface area contributed by atoms with Crippen LogP contribution in [0.1, 0.15) is 65.7 Å². The van der Waals surface area contributed by atoms with Gasteiger partial charge in [-0.2, -0.15) is 0 Å². The van der Waals surface area contributed by atoms with Gasteiger partial charge in [0.05, 0.1) is 31.0 Å². The van der Waals surface area contributed by atoms with E-state index in [2.05, 4.69) is 20.3 Å². The van der Waals surface area contributed by atoms with Crippen LogP contribution in [0.3, 0.4) is 0 Å². The van der Waals surface area contributed by atoms with Gasteiger partial charge in [0.2, 0.25) is 21.8 Å². The lowest BCUT2D eigenvalue weighted by atomic mass is 9.88. The number of allylic oxidation sites excluding steroid dienone is 1. The van der Waals surface area contributed by atoms with E-state index in [4.69, 9.17) is 14.2 Å². The molecule has 0 unspecified atom stereocenters. The van der Waals surface area contributed by atoms with Crippen molar-refractivity contribution in [2.24, 2.45) is 17.8 Å². The van der Waals surface area contributed by atoms with Crippen LogP contribution in [-0.2, 0) is 24.4 Å². The third kappa shape index (κ3) is 7.34. The second-order valence-corrected chi connectivity index (χ2v) is 17.1. The number of rotatable bonds is 8. The van der Waals surface area contributed by atoms with E-state index in [1.807, 2.05) is 19.1 Å². The Morgan fingerprint density at radius 3 is 2.52 bits per heavy atom. The van der Waals surface area contributed by atoms with Crippen LogP contribution in [-0.4, -0.2) is 96.5 Å². The first-order valence-electron chi connectivity index (χ1n) is 17.6. The second-order valence-electron chi connectivity index (χ2n) is 14.9. The molecule has 0 bridgehead atoms. The van der Waals surface area contributed by atoms with E-state index >= 15 is 0 Å². The van der Waals surface area contributed by atoms with E-state index in [0.29, 0.717) is 42.3 Å². The molecule has 7 atom stereocenters. The highest BCUT2D eigenvalue weighted by Gasteiger charge is 2.63. The number of carbonyl (C=O) groups is 4. The number of pyridine rings is 1. The van der Waals surface area contributed by atoms with E-state index in [0.717, 1.165) is 6.42 Å². The second kappa shape index (κ2) is 14.1. The van der Waals surface area contributed by atoms with Gasteiger partial charge in [-0.15, -0.1) is 0 Å². The Balaban J connectivity index is 1.34. The molecular weight excluding hydrogens is 694 g/mol. The number of ether oxygens (including phenoxy) is 3. The lowest BCUT2D eigenvalue weighted by Crippen LogP contribution is -2.59. The van der Waals surface area contributed by atoms with Gasteiger partial charge in [-0.1, -0.05) is 26.0 Å². The SMILES string of the molecule is COc1ccc2nc(OC)c(O[C@@H]3C[C@H]4C(=O)N[C@]5(C(=O)NS(=O)(=O)C6(C)CC6)C[C@H]5C=CCC[C@@H](C)C[C@@H](C)[C@H](NC(=O)O)C(=O)N4C3)cc2c1. The molecule has 6 rings (SSSR count).